The van der Waals surface area contributed by atoms with Gasteiger partial charge in [-0.05, 0) is 17.7 Å². The highest BCUT2D eigenvalue weighted by Crippen LogP contribution is 2.30. The lowest BCUT2D eigenvalue weighted by Crippen LogP contribution is -1.87. The molecule has 0 aliphatic rings. The van der Waals surface area contributed by atoms with Gasteiger partial charge in [0.25, 0.3) is 0 Å². The molecule has 0 spiro atoms. The summed E-state index contributed by atoms with van der Waals surface area (Å²) in [5.74, 6) is 1.19. The highest BCUT2D eigenvalue weighted by Gasteiger charge is 2.06. The van der Waals surface area contributed by atoms with E-state index in [-0.39, 0.29) is 0 Å². The summed E-state index contributed by atoms with van der Waals surface area (Å²) in [6.07, 6.45) is 0. The molecular formula is C8H8Cl2OS. The van der Waals surface area contributed by atoms with Crippen LogP contribution in [0.25, 0.3) is 0 Å². The molecule has 66 valence electrons. The van der Waals surface area contributed by atoms with Gasteiger partial charge in [-0.2, -0.15) is 12.6 Å². The van der Waals surface area contributed by atoms with Crippen LogP contribution in [0.3, 0.4) is 0 Å². The molecule has 0 bridgehead atoms. The van der Waals surface area contributed by atoms with Gasteiger partial charge in [-0.25, -0.2) is 0 Å². The summed E-state index contributed by atoms with van der Waals surface area (Å²) in [5.41, 5.74) is 0.836. The first-order valence-electron chi connectivity index (χ1n) is 3.31. The van der Waals surface area contributed by atoms with Crippen LogP contribution in [0, 0.1) is 0 Å². The standard InChI is InChI=1S/C8H8Cl2OS/c1-11-5-2-7(9)6(4-12)8(10)3-5/h2-3,12H,4H2,1H3. The van der Waals surface area contributed by atoms with Crippen LogP contribution >= 0.6 is 35.8 Å². The maximum atomic E-state index is 5.90. The maximum absolute atomic E-state index is 5.90. The zero-order valence-electron chi connectivity index (χ0n) is 6.47. The van der Waals surface area contributed by atoms with Crippen LogP contribution in [0.2, 0.25) is 10.0 Å². The Morgan fingerprint density at radius 2 is 1.83 bits per heavy atom. The van der Waals surface area contributed by atoms with Crippen LogP contribution in [0.5, 0.6) is 5.75 Å². The normalized spacial score (nSPS) is 10.0. The van der Waals surface area contributed by atoms with Gasteiger partial charge in [0, 0.05) is 15.8 Å². The van der Waals surface area contributed by atoms with Crippen molar-refractivity contribution in [1.29, 1.82) is 0 Å². The summed E-state index contributed by atoms with van der Waals surface area (Å²) < 4.78 is 4.98. The third-order valence-corrected chi connectivity index (χ3v) is 2.50. The number of halogens is 2. The molecule has 0 aliphatic carbocycles. The molecule has 1 rings (SSSR count). The molecule has 0 fully saturated rings. The molecule has 1 aromatic rings. The van der Waals surface area contributed by atoms with Gasteiger partial charge in [-0.3, -0.25) is 0 Å². The van der Waals surface area contributed by atoms with Gasteiger partial charge in [0.15, 0.2) is 0 Å². The smallest absolute Gasteiger partial charge is 0.121 e. The molecule has 0 unspecified atom stereocenters. The second-order valence-electron chi connectivity index (χ2n) is 2.23. The monoisotopic (exact) mass is 222 g/mol. The molecule has 0 N–H and O–H groups in total. The zero-order valence-corrected chi connectivity index (χ0v) is 8.88. The van der Waals surface area contributed by atoms with Crippen molar-refractivity contribution in [2.45, 2.75) is 5.75 Å². The van der Waals surface area contributed by atoms with Crippen molar-refractivity contribution < 1.29 is 4.74 Å². The molecule has 0 atom stereocenters. The van der Waals surface area contributed by atoms with Crippen LogP contribution in [0.15, 0.2) is 12.1 Å². The fraction of sp³-hybridized carbons (Fsp3) is 0.250. The second kappa shape index (κ2) is 4.26. The molecule has 0 saturated carbocycles. The minimum Gasteiger partial charge on any atom is -0.497 e. The van der Waals surface area contributed by atoms with E-state index >= 15 is 0 Å². The largest absolute Gasteiger partial charge is 0.497 e. The fourth-order valence-electron chi connectivity index (χ4n) is 0.849. The lowest BCUT2D eigenvalue weighted by atomic mass is 10.2. The number of ether oxygens (including phenoxy) is 1. The van der Waals surface area contributed by atoms with Gasteiger partial charge < -0.3 is 4.74 Å². The van der Waals surface area contributed by atoms with Crippen molar-refractivity contribution >= 4 is 35.8 Å². The highest BCUT2D eigenvalue weighted by molar-refractivity contribution is 7.79. The van der Waals surface area contributed by atoms with Crippen LogP contribution in [0.4, 0.5) is 0 Å². The van der Waals surface area contributed by atoms with Crippen molar-refractivity contribution in [3.63, 3.8) is 0 Å². The fourth-order valence-corrected chi connectivity index (χ4v) is 1.98. The summed E-state index contributed by atoms with van der Waals surface area (Å²) in [5, 5.41) is 1.18. The van der Waals surface area contributed by atoms with E-state index in [1.54, 1.807) is 19.2 Å². The first kappa shape index (κ1) is 10.0. The predicted molar refractivity (Wildman–Crippen MR) is 55.7 cm³/mol. The SMILES string of the molecule is COc1cc(Cl)c(CS)c(Cl)c1. The molecule has 0 saturated heterocycles. The summed E-state index contributed by atoms with van der Waals surface area (Å²) in [4.78, 5) is 0. The number of hydrogen-bond acceptors (Lipinski definition) is 2. The van der Waals surface area contributed by atoms with Gasteiger partial charge >= 0.3 is 0 Å². The molecule has 4 heteroatoms. The van der Waals surface area contributed by atoms with Gasteiger partial charge in [0.05, 0.1) is 7.11 Å². The van der Waals surface area contributed by atoms with E-state index in [1.165, 1.54) is 0 Å². The number of thiol groups is 1. The Kier molecular flexibility index (Phi) is 3.56. The Morgan fingerprint density at radius 1 is 1.33 bits per heavy atom. The molecule has 0 heterocycles. The summed E-state index contributed by atoms with van der Waals surface area (Å²) in [6.45, 7) is 0. The van der Waals surface area contributed by atoms with Crippen molar-refractivity contribution in [2.24, 2.45) is 0 Å². The third kappa shape index (κ3) is 2.00. The predicted octanol–water partition coefficient (Wildman–Crippen LogP) is 3.43. The third-order valence-electron chi connectivity index (χ3n) is 1.51. The number of rotatable bonds is 2. The number of methoxy groups -OCH3 is 1. The zero-order chi connectivity index (χ0) is 9.14. The summed E-state index contributed by atoms with van der Waals surface area (Å²) >= 11 is 15.9. The quantitative estimate of drug-likeness (QED) is 0.755. The van der Waals surface area contributed by atoms with Gasteiger partial charge in [0.1, 0.15) is 5.75 Å². The van der Waals surface area contributed by atoms with Crippen molar-refractivity contribution in [1.82, 2.24) is 0 Å². The average molecular weight is 223 g/mol. The molecule has 1 nitrogen and oxygen atoms in total. The minimum atomic E-state index is 0.529. The molecular weight excluding hydrogens is 215 g/mol. The van der Waals surface area contributed by atoms with Crippen LogP contribution in [-0.4, -0.2) is 7.11 Å². The molecule has 0 amide bonds. The highest BCUT2D eigenvalue weighted by atomic mass is 35.5. The average Bonchev–Trinajstić information content (AvgIpc) is 2.03. The lowest BCUT2D eigenvalue weighted by Gasteiger charge is -2.06. The van der Waals surface area contributed by atoms with Crippen LogP contribution in [-0.2, 0) is 5.75 Å². The molecule has 0 aliphatic heterocycles. The van der Waals surface area contributed by atoms with E-state index in [2.05, 4.69) is 12.6 Å². The first-order valence-corrected chi connectivity index (χ1v) is 4.70. The van der Waals surface area contributed by atoms with Crippen LogP contribution < -0.4 is 4.74 Å². The van der Waals surface area contributed by atoms with E-state index in [1.807, 2.05) is 0 Å². The Hall–Kier alpha value is -0.0500. The topological polar surface area (TPSA) is 9.23 Å². The van der Waals surface area contributed by atoms with E-state index in [0.29, 0.717) is 21.5 Å². The summed E-state index contributed by atoms with van der Waals surface area (Å²) in [7, 11) is 1.57. The van der Waals surface area contributed by atoms with E-state index in [9.17, 15) is 0 Å². The van der Waals surface area contributed by atoms with Gasteiger partial charge in [0.2, 0.25) is 0 Å². The molecule has 12 heavy (non-hydrogen) atoms. The van der Waals surface area contributed by atoms with E-state index in [0.717, 1.165) is 5.56 Å². The van der Waals surface area contributed by atoms with E-state index < -0.39 is 0 Å². The van der Waals surface area contributed by atoms with Crippen LogP contribution in [0.1, 0.15) is 5.56 Å². The first-order chi connectivity index (χ1) is 5.69. The second-order valence-corrected chi connectivity index (χ2v) is 3.36. The van der Waals surface area contributed by atoms with E-state index in [4.69, 9.17) is 27.9 Å². The molecule has 0 radical (unpaired) electrons. The van der Waals surface area contributed by atoms with Crippen molar-refractivity contribution in [2.75, 3.05) is 7.11 Å². The number of hydrogen-bond donors (Lipinski definition) is 1. The Balaban J connectivity index is 3.18. The Morgan fingerprint density at radius 3 is 2.17 bits per heavy atom. The van der Waals surface area contributed by atoms with Gasteiger partial charge in [-0.15, -0.1) is 0 Å². The minimum absolute atomic E-state index is 0.529. The molecule has 1 aromatic carbocycles. The summed E-state index contributed by atoms with van der Waals surface area (Å²) in [6, 6.07) is 3.44. The Labute approximate surface area is 87.0 Å². The Bertz CT molecular complexity index is 265. The van der Waals surface area contributed by atoms with Gasteiger partial charge in [-0.1, -0.05) is 23.2 Å². The van der Waals surface area contributed by atoms with Crippen molar-refractivity contribution in [3.05, 3.63) is 27.7 Å². The lowest BCUT2D eigenvalue weighted by molar-refractivity contribution is 0.415. The number of benzene rings is 1. The van der Waals surface area contributed by atoms with Crippen molar-refractivity contribution in [3.8, 4) is 5.75 Å². The maximum Gasteiger partial charge on any atom is 0.121 e. The molecule has 0 aromatic heterocycles.